The summed E-state index contributed by atoms with van der Waals surface area (Å²) in [6.45, 7) is 0. The molecule has 2 rings (SSSR count). The summed E-state index contributed by atoms with van der Waals surface area (Å²) >= 11 is 0. The average Bonchev–Trinajstić information content (AvgIpc) is 2.46. The van der Waals surface area contributed by atoms with Crippen LogP contribution in [0.4, 0.5) is 0 Å². The van der Waals surface area contributed by atoms with Crippen molar-refractivity contribution in [2.24, 2.45) is 0 Å². The summed E-state index contributed by atoms with van der Waals surface area (Å²) in [5.74, 6) is 1.91. The second-order valence-corrected chi connectivity index (χ2v) is 4.39. The smallest absolute Gasteiger partial charge is 0.122 e. The predicted octanol–water partition coefficient (Wildman–Crippen LogP) is 3.19. The number of phenolic OH excluding ortho intramolecular Hbond substituents is 1. The molecule has 1 N–H and O–H groups in total. The number of methoxy groups -OCH3 is 2. The molecule has 0 unspecified atom stereocenters. The van der Waals surface area contributed by atoms with Crippen molar-refractivity contribution in [3.63, 3.8) is 0 Å². The van der Waals surface area contributed by atoms with E-state index >= 15 is 0 Å². The highest BCUT2D eigenvalue weighted by molar-refractivity contribution is 5.39. The van der Waals surface area contributed by atoms with Crippen molar-refractivity contribution >= 4 is 0 Å². The van der Waals surface area contributed by atoms with E-state index in [4.69, 9.17) is 9.47 Å². The van der Waals surface area contributed by atoms with Crippen molar-refractivity contribution in [1.82, 2.24) is 0 Å². The van der Waals surface area contributed by atoms with Crippen molar-refractivity contribution < 1.29 is 14.6 Å². The van der Waals surface area contributed by atoms with Gasteiger partial charge in [0.1, 0.15) is 17.2 Å². The van der Waals surface area contributed by atoms with Crippen molar-refractivity contribution in [2.75, 3.05) is 14.2 Å². The molecule has 0 radical (unpaired) electrons. The zero-order valence-corrected chi connectivity index (χ0v) is 11.2. The highest BCUT2D eigenvalue weighted by Gasteiger charge is 2.02. The summed E-state index contributed by atoms with van der Waals surface area (Å²) in [6, 6.07) is 13.2. The molecule has 100 valence electrons. The summed E-state index contributed by atoms with van der Waals surface area (Å²) in [4.78, 5) is 0. The molecule has 0 aliphatic carbocycles. The second kappa shape index (κ2) is 6.14. The van der Waals surface area contributed by atoms with Gasteiger partial charge in [-0.05, 0) is 48.2 Å². The molecule has 0 atom stereocenters. The molecule has 0 aliphatic rings. The first-order valence-corrected chi connectivity index (χ1v) is 6.21. The van der Waals surface area contributed by atoms with Crippen molar-refractivity contribution in [3.8, 4) is 17.2 Å². The molecule has 19 heavy (non-hydrogen) atoms. The minimum Gasteiger partial charge on any atom is -0.508 e. The third-order valence-corrected chi connectivity index (χ3v) is 3.05. The number of benzene rings is 2. The maximum absolute atomic E-state index is 9.25. The highest BCUT2D eigenvalue weighted by atomic mass is 16.5. The van der Waals surface area contributed by atoms with Gasteiger partial charge in [-0.2, -0.15) is 0 Å². The van der Waals surface area contributed by atoms with Gasteiger partial charge in [0.05, 0.1) is 14.2 Å². The summed E-state index contributed by atoms with van der Waals surface area (Å²) in [5.41, 5.74) is 2.36. The number of aryl methyl sites for hydroxylation is 2. The maximum atomic E-state index is 9.25. The van der Waals surface area contributed by atoms with E-state index in [1.807, 2.05) is 30.3 Å². The van der Waals surface area contributed by atoms with Crippen LogP contribution in [0.1, 0.15) is 11.1 Å². The Hall–Kier alpha value is -2.16. The Kier molecular flexibility index (Phi) is 4.29. The maximum Gasteiger partial charge on any atom is 0.122 e. The van der Waals surface area contributed by atoms with Gasteiger partial charge in [0.25, 0.3) is 0 Å². The molecule has 0 heterocycles. The van der Waals surface area contributed by atoms with E-state index in [1.165, 1.54) is 11.1 Å². The number of aromatic hydroxyl groups is 1. The van der Waals surface area contributed by atoms with Gasteiger partial charge in [0.2, 0.25) is 0 Å². The van der Waals surface area contributed by atoms with Gasteiger partial charge in [-0.15, -0.1) is 0 Å². The Morgan fingerprint density at radius 1 is 0.789 bits per heavy atom. The molecule has 0 spiro atoms. The lowest BCUT2D eigenvalue weighted by molar-refractivity contribution is 0.393. The van der Waals surface area contributed by atoms with Crippen LogP contribution in [0.15, 0.2) is 42.5 Å². The van der Waals surface area contributed by atoms with Crippen LogP contribution in [0.5, 0.6) is 17.2 Å². The number of rotatable bonds is 5. The standard InChI is InChI=1S/C16H18O3/c1-18-15-9-13(10-16(11-15)19-2)4-3-12-5-7-14(17)8-6-12/h5-11,17H,3-4H2,1-2H3. The Balaban J connectivity index is 2.08. The van der Waals surface area contributed by atoms with Gasteiger partial charge in [-0.25, -0.2) is 0 Å². The molecular formula is C16H18O3. The first kappa shape index (κ1) is 13.3. The van der Waals surface area contributed by atoms with E-state index in [-0.39, 0.29) is 0 Å². The number of hydrogen-bond acceptors (Lipinski definition) is 3. The molecule has 0 fully saturated rings. The molecule has 3 heteroatoms. The Morgan fingerprint density at radius 3 is 1.84 bits per heavy atom. The van der Waals surface area contributed by atoms with Crippen molar-refractivity contribution in [1.29, 1.82) is 0 Å². The summed E-state index contributed by atoms with van der Waals surface area (Å²) in [6.07, 6.45) is 1.81. The molecule has 0 amide bonds. The monoisotopic (exact) mass is 258 g/mol. The Labute approximate surface area is 113 Å². The zero-order valence-electron chi connectivity index (χ0n) is 11.2. The molecule has 2 aromatic carbocycles. The third kappa shape index (κ3) is 3.65. The van der Waals surface area contributed by atoms with Gasteiger partial charge in [0.15, 0.2) is 0 Å². The van der Waals surface area contributed by atoms with Gasteiger partial charge < -0.3 is 14.6 Å². The Bertz CT molecular complexity index is 510. The minimum atomic E-state index is 0.298. The number of phenols is 1. The van der Waals surface area contributed by atoms with Crippen LogP contribution >= 0.6 is 0 Å². The first-order chi connectivity index (χ1) is 9.21. The second-order valence-electron chi connectivity index (χ2n) is 4.39. The van der Waals surface area contributed by atoms with Crippen LogP contribution in [0.25, 0.3) is 0 Å². The molecule has 0 aliphatic heterocycles. The molecule has 2 aromatic rings. The van der Waals surface area contributed by atoms with E-state index in [1.54, 1.807) is 26.4 Å². The fourth-order valence-electron chi connectivity index (χ4n) is 1.96. The van der Waals surface area contributed by atoms with Crippen LogP contribution < -0.4 is 9.47 Å². The van der Waals surface area contributed by atoms with Gasteiger partial charge >= 0.3 is 0 Å². The zero-order chi connectivity index (χ0) is 13.7. The summed E-state index contributed by atoms with van der Waals surface area (Å²) in [5, 5.41) is 9.25. The van der Waals surface area contributed by atoms with Crippen LogP contribution in [-0.4, -0.2) is 19.3 Å². The van der Waals surface area contributed by atoms with Crippen molar-refractivity contribution in [3.05, 3.63) is 53.6 Å². The molecule has 0 saturated carbocycles. The number of ether oxygens (including phenoxy) is 2. The van der Waals surface area contributed by atoms with Crippen LogP contribution in [0, 0.1) is 0 Å². The lowest BCUT2D eigenvalue weighted by Crippen LogP contribution is -1.94. The largest absolute Gasteiger partial charge is 0.508 e. The molecule has 0 aromatic heterocycles. The average molecular weight is 258 g/mol. The highest BCUT2D eigenvalue weighted by Crippen LogP contribution is 2.23. The molecule has 3 nitrogen and oxygen atoms in total. The van der Waals surface area contributed by atoms with Gasteiger partial charge in [-0.3, -0.25) is 0 Å². The van der Waals surface area contributed by atoms with E-state index in [0.717, 1.165) is 24.3 Å². The summed E-state index contributed by atoms with van der Waals surface area (Å²) in [7, 11) is 3.30. The predicted molar refractivity (Wildman–Crippen MR) is 75.1 cm³/mol. The summed E-state index contributed by atoms with van der Waals surface area (Å²) < 4.78 is 10.5. The fraction of sp³-hybridized carbons (Fsp3) is 0.250. The van der Waals surface area contributed by atoms with E-state index in [0.29, 0.717) is 5.75 Å². The molecule has 0 saturated heterocycles. The van der Waals surface area contributed by atoms with Gasteiger partial charge in [-0.1, -0.05) is 12.1 Å². The lowest BCUT2D eigenvalue weighted by atomic mass is 10.0. The Morgan fingerprint density at radius 2 is 1.32 bits per heavy atom. The quantitative estimate of drug-likeness (QED) is 0.895. The number of hydrogen-bond donors (Lipinski definition) is 1. The van der Waals surface area contributed by atoms with E-state index in [9.17, 15) is 5.11 Å². The SMILES string of the molecule is COc1cc(CCc2ccc(O)cc2)cc(OC)c1. The van der Waals surface area contributed by atoms with Crippen LogP contribution in [-0.2, 0) is 12.8 Å². The topological polar surface area (TPSA) is 38.7 Å². The van der Waals surface area contributed by atoms with E-state index < -0.39 is 0 Å². The lowest BCUT2D eigenvalue weighted by Gasteiger charge is -2.08. The van der Waals surface area contributed by atoms with Crippen LogP contribution in [0.3, 0.4) is 0 Å². The minimum absolute atomic E-state index is 0.298. The van der Waals surface area contributed by atoms with E-state index in [2.05, 4.69) is 0 Å². The van der Waals surface area contributed by atoms with Crippen molar-refractivity contribution in [2.45, 2.75) is 12.8 Å². The molecular weight excluding hydrogens is 240 g/mol. The van der Waals surface area contributed by atoms with Gasteiger partial charge in [0, 0.05) is 6.07 Å². The fourth-order valence-corrected chi connectivity index (χ4v) is 1.96. The normalized spacial score (nSPS) is 10.2. The molecule has 0 bridgehead atoms. The van der Waals surface area contributed by atoms with Crippen LogP contribution in [0.2, 0.25) is 0 Å². The third-order valence-electron chi connectivity index (χ3n) is 3.05. The first-order valence-electron chi connectivity index (χ1n) is 6.21.